The average molecular weight is 488 g/mol. The third-order valence-corrected chi connectivity index (χ3v) is 7.63. The predicted molar refractivity (Wildman–Crippen MR) is 135 cm³/mol. The van der Waals surface area contributed by atoms with E-state index < -0.39 is 0 Å². The zero-order valence-corrected chi connectivity index (χ0v) is 20.2. The largest absolute Gasteiger partial charge is 0.495 e. The van der Waals surface area contributed by atoms with Crippen LogP contribution in [0.15, 0.2) is 54.9 Å². The van der Waals surface area contributed by atoms with Gasteiger partial charge in [-0.1, -0.05) is 18.2 Å². The van der Waals surface area contributed by atoms with Crippen LogP contribution in [0.5, 0.6) is 11.5 Å². The van der Waals surface area contributed by atoms with Crippen molar-refractivity contribution in [2.45, 2.75) is 6.42 Å². The van der Waals surface area contributed by atoms with Crippen molar-refractivity contribution in [3.05, 3.63) is 64.7 Å². The smallest absolute Gasteiger partial charge is 0.282 e. The zero-order chi connectivity index (χ0) is 23.8. The number of aromatic nitrogens is 3. The van der Waals surface area contributed by atoms with Crippen molar-refractivity contribution in [3.8, 4) is 33.9 Å². The Bertz CT molecular complexity index is 1360. The van der Waals surface area contributed by atoms with Crippen LogP contribution in [0.25, 0.3) is 22.4 Å². The van der Waals surface area contributed by atoms with E-state index in [0.29, 0.717) is 24.7 Å². The molecule has 178 valence electrons. The summed E-state index contributed by atoms with van der Waals surface area (Å²) in [7, 11) is 1.69. The highest BCUT2D eigenvalue weighted by Crippen LogP contribution is 2.40. The molecule has 8 nitrogen and oxygen atoms in total. The minimum atomic E-state index is 0.000218. The van der Waals surface area contributed by atoms with Gasteiger partial charge in [0.2, 0.25) is 0 Å². The molecule has 0 bridgehead atoms. The van der Waals surface area contributed by atoms with Crippen molar-refractivity contribution in [1.82, 2.24) is 20.1 Å². The van der Waals surface area contributed by atoms with Gasteiger partial charge in [0, 0.05) is 54.8 Å². The summed E-state index contributed by atoms with van der Waals surface area (Å²) in [6, 6.07) is 14.1. The number of carbonyl (C=O) groups is 1. The van der Waals surface area contributed by atoms with Crippen LogP contribution in [0, 0.1) is 0 Å². The first-order valence-electron chi connectivity index (χ1n) is 11.6. The molecule has 2 aliphatic heterocycles. The third kappa shape index (κ3) is 4.01. The Labute approximate surface area is 207 Å². The first kappa shape index (κ1) is 21.7. The number of aromatic amines is 1. The van der Waals surface area contributed by atoms with Gasteiger partial charge < -0.3 is 19.3 Å². The lowest BCUT2D eigenvalue weighted by molar-refractivity contribution is 0.0746. The van der Waals surface area contributed by atoms with Gasteiger partial charge in [-0.15, -0.1) is 11.3 Å². The van der Waals surface area contributed by atoms with Gasteiger partial charge in [0.25, 0.3) is 5.91 Å². The van der Waals surface area contributed by atoms with E-state index in [2.05, 4.69) is 21.2 Å². The fourth-order valence-electron chi connectivity index (χ4n) is 4.68. The lowest BCUT2D eigenvalue weighted by atomic mass is 10.0. The van der Waals surface area contributed by atoms with Gasteiger partial charge in [0.05, 0.1) is 31.3 Å². The number of hydrogen-bond acceptors (Lipinski definition) is 7. The van der Waals surface area contributed by atoms with Crippen LogP contribution < -0.4 is 14.4 Å². The second-order valence-electron chi connectivity index (χ2n) is 8.54. The highest BCUT2D eigenvalue weighted by atomic mass is 32.1. The summed E-state index contributed by atoms with van der Waals surface area (Å²) in [5.74, 6) is 1.64. The Morgan fingerprint density at radius 3 is 2.77 bits per heavy atom. The van der Waals surface area contributed by atoms with Gasteiger partial charge in [0.15, 0.2) is 5.01 Å². The lowest BCUT2D eigenvalue weighted by Gasteiger charge is -2.36. The van der Waals surface area contributed by atoms with Gasteiger partial charge in [0.1, 0.15) is 11.5 Å². The second kappa shape index (κ2) is 9.07. The standard InChI is InChI=1S/C26H25N5O3S/c1-33-21-5-3-2-4-20(21)30-9-11-31(12-10-30)26(32)25-29-24-19-7-6-17(18-15-27-28-16-18)14-22(19)34-13-8-23(24)35-25/h2-7,14-16H,8-13H2,1H3,(H,27,28). The van der Waals surface area contributed by atoms with Crippen LogP contribution in [0.4, 0.5) is 5.69 Å². The predicted octanol–water partition coefficient (Wildman–Crippen LogP) is 4.11. The van der Waals surface area contributed by atoms with Gasteiger partial charge in [-0.25, -0.2) is 4.98 Å². The molecule has 1 fully saturated rings. The second-order valence-corrected chi connectivity index (χ2v) is 9.62. The SMILES string of the molecule is COc1ccccc1N1CCN(C(=O)c2nc3c(s2)CCOc2cc(-c4cn[nH]c4)ccc2-3)CC1. The number of amides is 1. The van der Waals surface area contributed by atoms with Gasteiger partial charge >= 0.3 is 0 Å². The summed E-state index contributed by atoms with van der Waals surface area (Å²) in [4.78, 5) is 23.5. The maximum Gasteiger partial charge on any atom is 0.282 e. The number of rotatable bonds is 4. The lowest BCUT2D eigenvalue weighted by Crippen LogP contribution is -2.48. The summed E-state index contributed by atoms with van der Waals surface area (Å²) in [6.45, 7) is 3.36. The fraction of sp³-hybridized carbons (Fsp3) is 0.269. The number of H-pyrrole nitrogens is 1. The van der Waals surface area contributed by atoms with Crippen LogP contribution in [-0.4, -0.2) is 65.9 Å². The van der Waals surface area contributed by atoms with Gasteiger partial charge in [-0.2, -0.15) is 5.10 Å². The van der Waals surface area contributed by atoms with E-state index in [9.17, 15) is 4.79 Å². The van der Waals surface area contributed by atoms with Crippen molar-refractivity contribution in [2.24, 2.45) is 0 Å². The molecule has 0 spiro atoms. The first-order chi connectivity index (χ1) is 17.2. The molecule has 0 radical (unpaired) electrons. The number of ether oxygens (including phenoxy) is 2. The van der Waals surface area contributed by atoms with Crippen molar-refractivity contribution >= 4 is 22.9 Å². The van der Waals surface area contributed by atoms with Crippen molar-refractivity contribution < 1.29 is 14.3 Å². The minimum absolute atomic E-state index is 0.000218. The van der Waals surface area contributed by atoms with E-state index in [4.69, 9.17) is 14.5 Å². The highest BCUT2D eigenvalue weighted by molar-refractivity contribution is 7.14. The molecule has 4 aromatic rings. The molecule has 2 aromatic carbocycles. The fourth-order valence-corrected chi connectivity index (χ4v) is 5.70. The van der Waals surface area contributed by atoms with E-state index in [1.807, 2.05) is 47.5 Å². The summed E-state index contributed by atoms with van der Waals surface area (Å²) in [5, 5.41) is 7.43. The molecule has 0 aliphatic carbocycles. The van der Waals surface area contributed by atoms with Crippen molar-refractivity contribution in [1.29, 1.82) is 0 Å². The minimum Gasteiger partial charge on any atom is -0.495 e. The molecule has 2 aromatic heterocycles. The number of para-hydroxylation sites is 2. The molecule has 2 aliphatic rings. The average Bonchev–Trinajstić information content (AvgIpc) is 3.56. The molecule has 0 unspecified atom stereocenters. The van der Waals surface area contributed by atoms with Crippen LogP contribution in [-0.2, 0) is 6.42 Å². The molecular formula is C26H25N5O3S. The Balaban J connectivity index is 1.21. The van der Waals surface area contributed by atoms with Gasteiger partial charge in [-0.05, 0) is 29.8 Å². The number of fused-ring (bicyclic) bond motifs is 3. The normalized spacial score (nSPS) is 15.1. The number of thiazole rings is 1. The van der Waals surface area contributed by atoms with Crippen LogP contribution >= 0.6 is 11.3 Å². The summed E-state index contributed by atoms with van der Waals surface area (Å²) >= 11 is 1.49. The molecular weight excluding hydrogens is 462 g/mol. The molecule has 35 heavy (non-hydrogen) atoms. The highest BCUT2D eigenvalue weighted by Gasteiger charge is 2.28. The monoisotopic (exact) mass is 487 g/mol. The van der Waals surface area contributed by atoms with Crippen LogP contribution in [0.2, 0.25) is 0 Å². The van der Waals surface area contributed by atoms with E-state index in [1.165, 1.54) is 11.3 Å². The third-order valence-electron chi connectivity index (χ3n) is 6.53. The van der Waals surface area contributed by atoms with E-state index in [0.717, 1.165) is 64.0 Å². The molecule has 1 saturated heterocycles. The number of nitrogens with one attached hydrogen (secondary N) is 1. The zero-order valence-electron chi connectivity index (χ0n) is 19.4. The Hall–Kier alpha value is -3.85. The topological polar surface area (TPSA) is 83.6 Å². The maximum absolute atomic E-state index is 13.4. The molecule has 1 N–H and O–H groups in total. The number of hydrogen-bond donors (Lipinski definition) is 1. The number of anilines is 1. The van der Waals surface area contributed by atoms with E-state index >= 15 is 0 Å². The molecule has 0 atom stereocenters. The summed E-state index contributed by atoms with van der Waals surface area (Å²) < 4.78 is 11.6. The Morgan fingerprint density at radius 1 is 1.11 bits per heavy atom. The number of carbonyl (C=O) groups excluding carboxylic acids is 1. The molecule has 0 saturated carbocycles. The Kier molecular flexibility index (Phi) is 5.61. The van der Waals surface area contributed by atoms with E-state index in [-0.39, 0.29) is 5.91 Å². The van der Waals surface area contributed by atoms with Crippen LogP contribution in [0.3, 0.4) is 0 Å². The number of methoxy groups -OCH3 is 1. The summed E-state index contributed by atoms with van der Waals surface area (Å²) in [6.07, 6.45) is 4.38. The number of nitrogens with zero attached hydrogens (tertiary/aromatic N) is 4. The maximum atomic E-state index is 13.4. The van der Waals surface area contributed by atoms with Gasteiger partial charge in [-0.3, -0.25) is 9.89 Å². The quantitative estimate of drug-likeness (QED) is 0.467. The summed E-state index contributed by atoms with van der Waals surface area (Å²) in [5.41, 5.74) is 4.88. The number of benzene rings is 2. The van der Waals surface area contributed by atoms with Crippen molar-refractivity contribution in [2.75, 3.05) is 44.8 Å². The number of piperazine rings is 1. The molecule has 9 heteroatoms. The molecule has 4 heterocycles. The van der Waals surface area contributed by atoms with E-state index in [1.54, 1.807) is 13.3 Å². The van der Waals surface area contributed by atoms with Crippen LogP contribution in [0.1, 0.15) is 14.7 Å². The Morgan fingerprint density at radius 2 is 1.97 bits per heavy atom. The first-order valence-corrected chi connectivity index (χ1v) is 12.5. The molecule has 1 amide bonds. The van der Waals surface area contributed by atoms with Crippen molar-refractivity contribution in [3.63, 3.8) is 0 Å². The molecule has 6 rings (SSSR count).